The number of aryl methyl sites for hydroxylation is 1. The Balaban J connectivity index is 2.26. The number of carbonyl (C=O) groups excluding carboxylic acids is 1. The second kappa shape index (κ2) is 7.57. The summed E-state index contributed by atoms with van der Waals surface area (Å²) in [5, 5.41) is 15.2. The molecule has 3 aromatic rings. The van der Waals surface area contributed by atoms with Gasteiger partial charge in [-0.05, 0) is 52.8 Å². The summed E-state index contributed by atoms with van der Waals surface area (Å²) < 4.78 is 36.5. The molecule has 2 heterocycles. The number of hydrogen-bond acceptors (Lipinski definition) is 9. The fourth-order valence-electron chi connectivity index (χ4n) is 3.09. The van der Waals surface area contributed by atoms with E-state index in [1.54, 1.807) is 31.4 Å². The first-order chi connectivity index (χ1) is 14.3. The van der Waals surface area contributed by atoms with E-state index in [4.69, 9.17) is 9.47 Å². The van der Waals surface area contributed by atoms with Crippen molar-refractivity contribution >= 4 is 32.1 Å². The van der Waals surface area contributed by atoms with Crippen LogP contribution in [0.4, 0.5) is 0 Å². The summed E-state index contributed by atoms with van der Waals surface area (Å²) in [5.41, 5.74) is 0.603. The summed E-state index contributed by atoms with van der Waals surface area (Å²) in [5.74, 6) is -0.771. The highest BCUT2D eigenvalue weighted by Crippen LogP contribution is 2.38. The van der Waals surface area contributed by atoms with E-state index in [0.717, 1.165) is 7.11 Å². The lowest BCUT2D eigenvalue weighted by Crippen LogP contribution is -2.41. The van der Waals surface area contributed by atoms with Gasteiger partial charge in [0.25, 0.3) is 0 Å². The predicted octanol–water partition coefficient (Wildman–Crippen LogP) is 2.73. The first kappa shape index (κ1) is 23.2. The van der Waals surface area contributed by atoms with E-state index in [1.807, 2.05) is 0 Å². The lowest BCUT2D eigenvalue weighted by atomic mass is 10.1. The van der Waals surface area contributed by atoms with Crippen molar-refractivity contribution in [1.82, 2.24) is 14.6 Å². The average Bonchev–Trinajstić information content (AvgIpc) is 3.23. The van der Waals surface area contributed by atoms with Crippen LogP contribution in [0.5, 0.6) is 5.75 Å². The molecule has 1 aromatic carbocycles. The molecule has 31 heavy (non-hydrogen) atoms. The van der Waals surface area contributed by atoms with Gasteiger partial charge in [0, 0.05) is 5.56 Å². The Morgan fingerprint density at radius 2 is 1.84 bits per heavy atom. The molecule has 0 saturated carbocycles. The number of benzene rings is 1. The van der Waals surface area contributed by atoms with E-state index in [2.05, 4.69) is 10.1 Å². The normalized spacial score (nSPS) is 12.9. The average molecular weight is 468 g/mol. The molecule has 0 fully saturated rings. The molecule has 0 atom stereocenters. The number of sulfone groups is 1. The molecular weight excluding hydrogens is 442 g/mol. The number of methoxy groups -OCH3 is 2. The maximum absolute atomic E-state index is 13.4. The summed E-state index contributed by atoms with van der Waals surface area (Å²) in [6.45, 7) is 7.63. The smallest absolute Gasteiger partial charge is 0.327 e. The SMILES string of the molecule is COC(=O)C(C)(C)S(=O)(=O)c1cc(-c2c(C)nc3sc(C(C)(C)O)nn23)ccc1OC. The highest BCUT2D eigenvalue weighted by Gasteiger charge is 2.45. The van der Waals surface area contributed by atoms with E-state index < -0.39 is 26.2 Å². The van der Waals surface area contributed by atoms with Crippen molar-refractivity contribution in [2.75, 3.05) is 14.2 Å². The molecule has 1 N–H and O–H groups in total. The molecule has 0 amide bonds. The summed E-state index contributed by atoms with van der Waals surface area (Å²) in [6, 6.07) is 4.67. The highest BCUT2D eigenvalue weighted by atomic mass is 32.2. The number of esters is 1. The van der Waals surface area contributed by atoms with Crippen molar-refractivity contribution in [3.8, 4) is 17.0 Å². The van der Waals surface area contributed by atoms with Crippen LogP contribution in [0.15, 0.2) is 23.1 Å². The van der Waals surface area contributed by atoms with E-state index in [0.29, 0.717) is 26.9 Å². The highest BCUT2D eigenvalue weighted by molar-refractivity contribution is 7.93. The van der Waals surface area contributed by atoms with Gasteiger partial charge in [-0.25, -0.2) is 17.9 Å². The van der Waals surface area contributed by atoms with E-state index in [9.17, 15) is 18.3 Å². The lowest BCUT2D eigenvalue weighted by Gasteiger charge is -2.23. The zero-order valence-electron chi connectivity index (χ0n) is 18.4. The molecule has 2 aromatic heterocycles. The fraction of sp³-hybridized carbons (Fsp3) is 0.450. The van der Waals surface area contributed by atoms with Crippen molar-refractivity contribution < 1.29 is 27.8 Å². The minimum Gasteiger partial charge on any atom is -0.495 e. The third kappa shape index (κ3) is 3.70. The molecule has 0 saturated heterocycles. The van der Waals surface area contributed by atoms with E-state index in [-0.39, 0.29) is 10.6 Å². The van der Waals surface area contributed by atoms with Gasteiger partial charge in [-0.1, -0.05) is 11.3 Å². The Morgan fingerprint density at radius 1 is 1.19 bits per heavy atom. The Kier molecular flexibility index (Phi) is 5.66. The molecule has 11 heteroatoms. The molecule has 0 spiro atoms. The third-order valence-corrected chi connectivity index (χ3v) is 8.61. The van der Waals surface area contributed by atoms with Crippen LogP contribution in [0.1, 0.15) is 38.4 Å². The van der Waals surface area contributed by atoms with Crippen molar-refractivity contribution in [2.45, 2.75) is 49.9 Å². The van der Waals surface area contributed by atoms with Gasteiger partial charge in [0.05, 0.1) is 25.6 Å². The molecule has 168 valence electrons. The van der Waals surface area contributed by atoms with Crippen LogP contribution in [0.2, 0.25) is 0 Å². The Hall–Kier alpha value is -2.50. The Labute approximate surface area is 184 Å². The summed E-state index contributed by atoms with van der Waals surface area (Å²) in [4.78, 5) is 17.1. The molecule has 0 unspecified atom stereocenters. The van der Waals surface area contributed by atoms with Crippen LogP contribution in [-0.2, 0) is 25.0 Å². The van der Waals surface area contributed by atoms with Crippen LogP contribution in [0.25, 0.3) is 16.2 Å². The molecule has 0 radical (unpaired) electrons. The fourth-order valence-corrected chi connectivity index (χ4v) is 5.59. The van der Waals surface area contributed by atoms with Gasteiger partial charge in [0.2, 0.25) is 4.96 Å². The van der Waals surface area contributed by atoms with Gasteiger partial charge < -0.3 is 14.6 Å². The summed E-state index contributed by atoms with van der Waals surface area (Å²) >= 11 is 1.25. The third-order valence-electron chi connectivity index (χ3n) is 4.98. The maximum atomic E-state index is 13.4. The number of carbonyl (C=O) groups is 1. The zero-order valence-corrected chi connectivity index (χ0v) is 20.0. The topological polar surface area (TPSA) is 120 Å². The molecule has 0 aliphatic rings. The molecule has 0 aliphatic carbocycles. The first-order valence-corrected chi connectivity index (χ1v) is 11.7. The van der Waals surface area contributed by atoms with Gasteiger partial charge in [0.15, 0.2) is 14.6 Å². The molecular formula is C20H25N3O6S2. The molecule has 9 nitrogen and oxygen atoms in total. The Morgan fingerprint density at radius 3 is 2.39 bits per heavy atom. The standard InChI is InChI=1S/C20H25N3O6S2/c1-11-15(23-18(21-11)30-16(22-23)19(2,3)25)12-8-9-13(28-6)14(10-12)31(26,27)20(4,5)17(24)29-7/h8-10,25H,1-7H3. The largest absolute Gasteiger partial charge is 0.495 e. The molecule has 0 bridgehead atoms. The van der Waals surface area contributed by atoms with Crippen LogP contribution in [0.3, 0.4) is 0 Å². The van der Waals surface area contributed by atoms with Crippen molar-refractivity contribution in [3.63, 3.8) is 0 Å². The zero-order chi connectivity index (χ0) is 23.4. The van der Waals surface area contributed by atoms with Crippen molar-refractivity contribution in [3.05, 3.63) is 28.9 Å². The van der Waals surface area contributed by atoms with E-state index in [1.165, 1.54) is 44.4 Å². The number of imidazole rings is 1. The van der Waals surface area contributed by atoms with Gasteiger partial charge in [-0.15, -0.1) is 0 Å². The molecule has 0 aliphatic heterocycles. The van der Waals surface area contributed by atoms with Crippen LogP contribution in [0, 0.1) is 6.92 Å². The van der Waals surface area contributed by atoms with E-state index >= 15 is 0 Å². The maximum Gasteiger partial charge on any atom is 0.327 e. The number of rotatable bonds is 6. The number of aromatic nitrogens is 3. The summed E-state index contributed by atoms with van der Waals surface area (Å²) in [7, 11) is -1.68. The minimum atomic E-state index is -4.18. The minimum absolute atomic E-state index is 0.106. The second-order valence-corrected chi connectivity index (χ2v) is 11.5. The monoisotopic (exact) mass is 467 g/mol. The number of fused-ring (bicyclic) bond motifs is 1. The van der Waals surface area contributed by atoms with Crippen molar-refractivity contribution in [2.24, 2.45) is 0 Å². The Bertz CT molecular complexity index is 1270. The van der Waals surface area contributed by atoms with Crippen LogP contribution >= 0.6 is 11.3 Å². The first-order valence-electron chi connectivity index (χ1n) is 9.36. The van der Waals surface area contributed by atoms with Gasteiger partial charge in [-0.2, -0.15) is 5.10 Å². The van der Waals surface area contributed by atoms with Gasteiger partial charge >= 0.3 is 5.97 Å². The number of aliphatic hydroxyl groups is 1. The van der Waals surface area contributed by atoms with Gasteiger partial charge in [-0.3, -0.25) is 4.79 Å². The number of hydrogen-bond donors (Lipinski definition) is 1. The van der Waals surface area contributed by atoms with Crippen LogP contribution < -0.4 is 4.74 Å². The number of ether oxygens (including phenoxy) is 2. The van der Waals surface area contributed by atoms with Crippen LogP contribution in [-0.4, -0.2) is 53.1 Å². The van der Waals surface area contributed by atoms with Crippen molar-refractivity contribution in [1.29, 1.82) is 0 Å². The molecule has 3 rings (SSSR count). The van der Waals surface area contributed by atoms with Gasteiger partial charge in [0.1, 0.15) is 21.3 Å². The number of nitrogens with zero attached hydrogens (tertiary/aromatic N) is 3. The summed E-state index contributed by atoms with van der Waals surface area (Å²) in [6.07, 6.45) is 0. The quantitative estimate of drug-likeness (QED) is 0.550. The lowest BCUT2D eigenvalue weighted by molar-refractivity contribution is -0.142. The predicted molar refractivity (Wildman–Crippen MR) is 116 cm³/mol. The second-order valence-electron chi connectivity index (χ2n) is 8.08.